The third-order valence-corrected chi connectivity index (χ3v) is 3.08. The van der Waals surface area contributed by atoms with Crippen molar-refractivity contribution in [2.24, 2.45) is 5.73 Å². The average Bonchev–Trinajstić information content (AvgIpc) is 2.93. The monoisotopic (exact) mass is 195 g/mol. The number of hydrogen-bond acceptors (Lipinski definition) is 5. The highest BCUT2D eigenvalue weighted by Crippen LogP contribution is 2.43. The van der Waals surface area contributed by atoms with Crippen molar-refractivity contribution in [2.45, 2.75) is 43.9 Å². The van der Waals surface area contributed by atoms with Gasteiger partial charge in [0.05, 0.1) is 24.7 Å². The minimum atomic E-state index is 0.297. The zero-order chi connectivity index (χ0) is 9.54. The Labute approximate surface area is 81.6 Å². The summed E-state index contributed by atoms with van der Waals surface area (Å²) < 4.78 is 11.2. The van der Waals surface area contributed by atoms with Gasteiger partial charge in [-0.25, -0.2) is 0 Å². The van der Waals surface area contributed by atoms with Crippen molar-refractivity contribution in [1.82, 2.24) is 10.2 Å². The predicted molar refractivity (Wildman–Crippen MR) is 47.4 cm³/mol. The van der Waals surface area contributed by atoms with Gasteiger partial charge in [0.2, 0.25) is 11.8 Å². The van der Waals surface area contributed by atoms with Gasteiger partial charge in [0.25, 0.3) is 0 Å². The Hall–Kier alpha value is -0.940. The molecule has 5 nitrogen and oxygen atoms in total. The summed E-state index contributed by atoms with van der Waals surface area (Å²) in [5.74, 6) is 1.53. The summed E-state index contributed by atoms with van der Waals surface area (Å²) in [6, 6.07) is 0. The molecule has 0 saturated carbocycles. The van der Waals surface area contributed by atoms with Crippen LogP contribution in [0, 0.1) is 0 Å². The number of hydrogen-bond donors (Lipinski definition) is 1. The van der Waals surface area contributed by atoms with Gasteiger partial charge >= 0.3 is 0 Å². The normalized spacial score (nSPS) is 35.4. The number of rotatable bonds is 2. The van der Waals surface area contributed by atoms with Gasteiger partial charge < -0.3 is 14.9 Å². The van der Waals surface area contributed by atoms with E-state index in [1.807, 2.05) is 0 Å². The fraction of sp³-hybridized carbons (Fsp3) is 0.778. The second kappa shape index (κ2) is 3.03. The van der Waals surface area contributed by atoms with Gasteiger partial charge in [-0.15, -0.1) is 10.2 Å². The lowest BCUT2D eigenvalue weighted by atomic mass is 9.89. The van der Waals surface area contributed by atoms with Crippen molar-refractivity contribution in [3.8, 4) is 0 Å². The van der Waals surface area contributed by atoms with Crippen LogP contribution < -0.4 is 5.73 Å². The molecule has 2 N–H and O–H groups in total. The first-order valence-electron chi connectivity index (χ1n) is 5.04. The fourth-order valence-corrected chi connectivity index (χ4v) is 2.40. The molecule has 0 amide bonds. The van der Waals surface area contributed by atoms with E-state index in [9.17, 15) is 0 Å². The first-order chi connectivity index (χ1) is 6.86. The molecule has 2 aliphatic rings. The highest BCUT2D eigenvalue weighted by atomic mass is 16.5. The number of nitrogens with two attached hydrogens (primary N) is 1. The molecule has 3 heterocycles. The minimum absolute atomic E-state index is 0.297. The van der Waals surface area contributed by atoms with Crippen LogP contribution >= 0.6 is 0 Å². The second-order valence-corrected chi connectivity index (χ2v) is 3.95. The molecular formula is C9H13N3O2. The Bertz CT molecular complexity index is 339. The average molecular weight is 195 g/mol. The van der Waals surface area contributed by atoms with E-state index in [0.29, 0.717) is 36.5 Å². The molecule has 3 unspecified atom stereocenters. The van der Waals surface area contributed by atoms with Crippen LogP contribution in [-0.4, -0.2) is 22.4 Å². The zero-order valence-corrected chi connectivity index (χ0v) is 7.85. The van der Waals surface area contributed by atoms with Crippen LogP contribution in [-0.2, 0) is 11.3 Å². The summed E-state index contributed by atoms with van der Waals surface area (Å²) >= 11 is 0. The molecule has 0 radical (unpaired) electrons. The Kier molecular flexibility index (Phi) is 1.81. The van der Waals surface area contributed by atoms with E-state index in [1.165, 1.54) is 6.42 Å². The number of ether oxygens (including phenoxy) is 1. The molecular weight excluding hydrogens is 182 g/mol. The second-order valence-electron chi connectivity index (χ2n) is 3.95. The molecule has 0 aliphatic carbocycles. The van der Waals surface area contributed by atoms with E-state index in [4.69, 9.17) is 14.9 Å². The van der Waals surface area contributed by atoms with E-state index < -0.39 is 0 Å². The Morgan fingerprint density at radius 2 is 2.29 bits per heavy atom. The van der Waals surface area contributed by atoms with Crippen molar-refractivity contribution in [1.29, 1.82) is 0 Å². The van der Waals surface area contributed by atoms with Crippen LogP contribution in [0.5, 0.6) is 0 Å². The summed E-state index contributed by atoms with van der Waals surface area (Å²) in [5.41, 5.74) is 5.41. The van der Waals surface area contributed by atoms with E-state index in [-0.39, 0.29) is 0 Å². The lowest BCUT2D eigenvalue weighted by Crippen LogP contribution is -2.14. The maximum atomic E-state index is 5.72. The van der Waals surface area contributed by atoms with E-state index in [2.05, 4.69) is 10.2 Å². The standard InChI is InChI=1S/C9H13N3O2/c10-4-8-11-12-9(14-8)6-3-5-1-2-7(6)13-5/h5-7H,1-4,10H2. The van der Waals surface area contributed by atoms with Gasteiger partial charge in [-0.3, -0.25) is 0 Å². The molecule has 5 heteroatoms. The minimum Gasteiger partial charge on any atom is -0.423 e. The van der Waals surface area contributed by atoms with Crippen LogP contribution in [0.1, 0.15) is 37.0 Å². The van der Waals surface area contributed by atoms with Gasteiger partial charge in [0.1, 0.15) is 0 Å². The third kappa shape index (κ3) is 1.16. The molecule has 2 saturated heterocycles. The lowest BCUT2D eigenvalue weighted by molar-refractivity contribution is 0.0980. The smallest absolute Gasteiger partial charge is 0.230 e. The molecule has 3 atom stereocenters. The number of fused-ring (bicyclic) bond motifs is 2. The van der Waals surface area contributed by atoms with Crippen LogP contribution in [0.3, 0.4) is 0 Å². The Morgan fingerprint density at radius 3 is 2.86 bits per heavy atom. The van der Waals surface area contributed by atoms with Crippen molar-refractivity contribution < 1.29 is 9.15 Å². The molecule has 14 heavy (non-hydrogen) atoms. The topological polar surface area (TPSA) is 74.2 Å². The van der Waals surface area contributed by atoms with Gasteiger partial charge in [0.15, 0.2) is 0 Å². The molecule has 1 aromatic heterocycles. The van der Waals surface area contributed by atoms with Crippen LogP contribution in [0.4, 0.5) is 0 Å². The van der Waals surface area contributed by atoms with Gasteiger partial charge in [0, 0.05) is 0 Å². The highest BCUT2D eigenvalue weighted by molar-refractivity contribution is 5.04. The quantitative estimate of drug-likeness (QED) is 0.746. The van der Waals surface area contributed by atoms with Crippen molar-refractivity contribution in [3.05, 3.63) is 11.8 Å². The molecule has 76 valence electrons. The van der Waals surface area contributed by atoms with Gasteiger partial charge in [-0.1, -0.05) is 0 Å². The molecule has 3 rings (SSSR count). The summed E-state index contributed by atoms with van der Waals surface area (Å²) in [7, 11) is 0. The van der Waals surface area contributed by atoms with E-state index in [1.54, 1.807) is 0 Å². The number of aromatic nitrogens is 2. The molecule has 2 aliphatic heterocycles. The zero-order valence-electron chi connectivity index (χ0n) is 7.85. The van der Waals surface area contributed by atoms with Crippen LogP contribution in [0.2, 0.25) is 0 Å². The predicted octanol–water partition coefficient (Wildman–Crippen LogP) is 0.563. The molecule has 2 fully saturated rings. The maximum Gasteiger partial charge on any atom is 0.230 e. The van der Waals surface area contributed by atoms with Crippen LogP contribution in [0.15, 0.2) is 4.42 Å². The molecule has 2 bridgehead atoms. The van der Waals surface area contributed by atoms with Crippen molar-refractivity contribution in [3.63, 3.8) is 0 Å². The summed E-state index contributed by atoms with van der Waals surface area (Å²) in [4.78, 5) is 0. The molecule has 0 spiro atoms. The lowest BCUT2D eigenvalue weighted by Gasteiger charge is -2.13. The van der Waals surface area contributed by atoms with Crippen molar-refractivity contribution in [2.75, 3.05) is 0 Å². The third-order valence-electron chi connectivity index (χ3n) is 3.08. The first kappa shape index (κ1) is 8.38. The van der Waals surface area contributed by atoms with Crippen molar-refractivity contribution >= 4 is 0 Å². The summed E-state index contributed by atoms with van der Waals surface area (Å²) in [5, 5.41) is 7.88. The molecule has 0 aromatic carbocycles. The first-order valence-corrected chi connectivity index (χ1v) is 5.04. The summed E-state index contributed by atoms with van der Waals surface area (Å²) in [6.45, 7) is 0.314. The highest BCUT2D eigenvalue weighted by Gasteiger charge is 2.44. The van der Waals surface area contributed by atoms with Gasteiger partial charge in [-0.2, -0.15) is 0 Å². The van der Waals surface area contributed by atoms with Crippen LogP contribution in [0.25, 0.3) is 0 Å². The maximum absolute atomic E-state index is 5.72. The summed E-state index contributed by atoms with van der Waals surface area (Å²) in [6.07, 6.45) is 4.04. The Balaban J connectivity index is 1.82. The fourth-order valence-electron chi connectivity index (χ4n) is 2.40. The Morgan fingerprint density at radius 1 is 1.36 bits per heavy atom. The SMILES string of the molecule is NCc1nnc(C2CC3CCC2O3)o1. The molecule has 1 aromatic rings. The largest absolute Gasteiger partial charge is 0.423 e. The number of nitrogens with zero attached hydrogens (tertiary/aromatic N) is 2. The van der Waals surface area contributed by atoms with Gasteiger partial charge in [-0.05, 0) is 19.3 Å². The van der Waals surface area contributed by atoms with E-state index >= 15 is 0 Å². The van der Waals surface area contributed by atoms with E-state index in [0.717, 1.165) is 12.8 Å².